The van der Waals surface area contributed by atoms with Crippen molar-refractivity contribution in [2.75, 3.05) is 10.2 Å². The second-order valence-electron chi connectivity index (χ2n) is 7.72. The number of hydrogen-bond acceptors (Lipinski definition) is 4. The summed E-state index contributed by atoms with van der Waals surface area (Å²) < 4.78 is 30.1. The molecular weight excluding hydrogens is 416 g/mol. The molecule has 0 radical (unpaired) electrons. The minimum Gasteiger partial charge on any atom is -0.415 e. The van der Waals surface area contributed by atoms with Crippen LogP contribution < -0.4 is 15.0 Å². The standard InChI is InChI=1S/C22H25F2N3O3.C2H6/c1-13(2)17-6-4-5-7-19(17)27(16-10-15(11-16)12-28)22(29)26-18-9-8-14(3)25-20(18)30-21(23)24;1-2/h4-9,12-13,15-16,21H,10-11H2,1-3H3,(H,26,29);1-2H3. The quantitative estimate of drug-likeness (QED) is 0.516. The van der Waals surface area contributed by atoms with Gasteiger partial charge in [0.2, 0.25) is 5.88 Å². The Morgan fingerprint density at radius 1 is 1.19 bits per heavy atom. The van der Waals surface area contributed by atoms with E-state index >= 15 is 0 Å². The van der Waals surface area contributed by atoms with Crippen molar-refractivity contribution in [3.63, 3.8) is 0 Å². The van der Waals surface area contributed by atoms with Gasteiger partial charge in [-0.05, 0) is 49.4 Å². The third-order valence-corrected chi connectivity index (χ3v) is 5.19. The molecule has 2 aromatic rings. The molecule has 6 nitrogen and oxygen atoms in total. The van der Waals surface area contributed by atoms with Crippen LogP contribution in [0.5, 0.6) is 5.88 Å². The molecule has 32 heavy (non-hydrogen) atoms. The van der Waals surface area contributed by atoms with Gasteiger partial charge in [-0.15, -0.1) is 0 Å². The minimum absolute atomic E-state index is 0.0594. The topological polar surface area (TPSA) is 71.5 Å². The van der Waals surface area contributed by atoms with Crippen molar-refractivity contribution in [3.8, 4) is 5.88 Å². The third-order valence-electron chi connectivity index (χ3n) is 5.19. The van der Waals surface area contributed by atoms with E-state index < -0.39 is 12.6 Å². The summed E-state index contributed by atoms with van der Waals surface area (Å²) in [5, 5.41) is 2.67. The van der Waals surface area contributed by atoms with E-state index in [9.17, 15) is 18.4 Å². The number of nitrogens with one attached hydrogen (secondary N) is 1. The van der Waals surface area contributed by atoms with Crippen LogP contribution in [0.15, 0.2) is 36.4 Å². The van der Waals surface area contributed by atoms with E-state index in [2.05, 4.69) is 15.0 Å². The molecule has 1 N–H and O–H groups in total. The van der Waals surface area contributed by atoms with Crippen LogP contribution in [0.1, 0.15) is 57.7 Å². The number of halogens is 2. The van der Waals surface area contributed by atoms with Gasteiger partial charge < -0.3 is 14.8 Å². The van der Waals surface area contributed by atoms with Crippen LogP contribution in [0, 0.1) is 12.8 Å². The summed E-state index contributed by atoms with van der Waals surface area (Å²) in [4.78, 5) is 30.0. The van der Waals surface area contributed by atoms with E-state index in [0.29, 0.717) is 18.5 Å². The molecule has 0 spiro atoms. The van der Waals surface area contributed by atoms with Crippen molar-refractivity contribution < 1.29 is 23.1 Å². The van der Waals surface area contributed by atoms with Crippen molar-refractivity contribution >= 4 is 23.7 Å². The fraction of sp³-hybridized carbons (Fsp3) is 0.458. The van der Waals surface area contributed by atoms with Gasteiger partial charge in [-0.3, -0.25) is 4.90 Å². The fourth-order valence-corrected chi connectivity index (χ4v) is 3.60. The maximum Gasteiger partial charge on any atom is 0.388 e. The van der Waals surface area contributed by atoms with Crippen LogP contribution >= 0.6 is 0 Å². The first-order valence-corrected chi connectivity index (χ1v) is 10.9. The predicted octanol–water partition coefficient (Wildman–Crippen LogP) is 6.16. The summed E-state index contributed by atoms with van der Waals surface area (Å²) in [6.45, 7) is 6.64. The number of aldehydes is 1. The molecule has 1 aliphatic carbocycles. The number of aromatic nitrogens is 1. The number of hydrogen-bond donors (Lipinski definition) is 1. The smallest absolute Gasteiger partial charge is 0.388 e. The maximum atomic E-state index is 13.3. The number of ether oxygens (including phenoxy) is 1. The second kappa shape index (κ2) is 11.5. The second-order valence-corrected chi connectivity index (χ2v) is 7.72. The van der Waals surface area contributed by atoms with E-state index in [1.807, 2.05) is 52.0 Å². The Morgan fingerprint density at radius 2 is 1.84 bits per heavy atom. The number of benzene rings is 1. The van der Waals surface area contributed by atoms with Crippen molar-refractivity contribution in [1.29, 1.82) is 0 Å². The third kappa shape index (κ3) is 6.02. The van der Waals surface area contributed by atoms with Gasteiger partial charge in [-0.25, -0.2) is 9.78 Å². The van der Waals surface area contributed by atoms with E-state index in [4.69, 9.17) is 0 Å². The molecule has 1 saturated carbocycles. The lowest BCUT2D eigenvalue weighted by atomic mass is 9.80. The van der Waals surface area contributed by atoms with Crippen LogP contribution in [0.4, 0.5) is 25.0 Å². The number of urea groups is 1. The average Bonchev–Trinajstić information content (AvgIpc) is 2.73. The zero-order valence-corrected chi connectivity index (χ0v) is 19.1. The number of nitrogens with zero attached hydrogens (tertiary/aromatic N) is 2. The summed E-state index contributed by atoms with van der Waals surface area (Å²) in [5.74, 6) is -0.262. The molecule has 1 aromatic heterocycles. The highest BCUT2D eigenvalue weighted by Gasteiger charge is 2.38. The Hall–Kier alpha value is -3.03. The highest BCUT2D eigenvalue weighted by molar-refractivity contribution is 6.03. The van der Waals surface area contributed by atoms with Gasteiger partial charge in [-0.2, -0.15) is 8.78 Å². The van der Waals surface area contributed by atoms with Gasteiger partial charge in [0.05, 0.1) is 0 Å². The molecule has 0 bridgehead atoms. The van der Waals surface area contributed by atoms with Gasteiger partial charge in [0.1, 0.15) is 12.0 Å². The highest BCUT2D eigenvalue weighted by Crippen LogP contribution is 2.37. The zero-order valence-electron chi connectivity index (χ0n) is 19.1. The van der Waals surface area contributed by atoms with Crippen molar-refractivity contribution in [3.05, 3.63) is 47.7 Å². The Balaban J connectivity index is 0.00000176. The lowest BCUT2D eigenvalue weighted by Crippen LogP contribution is -2.50. The number of pyridine rings is 1. The summed E-state index contributed by atoms with van der Waals surface area (Å²) in [7, 11) is 0. The zero-order chi connectivity index (χ0) is 23.8. The Labute approximate surface area is 188 Å². The summed E-state index contributed by atoms with van der Waals surface area (Å²) in [5.41, 5.74) is 2.26. The van der Waals surface area contributed by atoms with E-state index in [1.165, 1.54) is 6.07 Å². The monoisotopic (exact) mass is 447 g/mol. The van der Waals surface area contributed by atoms with Crippen LogP contribution in [-0.4, -0.2) is 30.0 Å². The number of para-hydroxylation sites is 1. The minimum atomic E-state index is -3.06. The maximum absolute atomic E-state index is 13.3. The molecule has 1 aliphatic rings. The Morgan fingerprint density at radius 3 is 2.44 bits per heavy atom. The normalized spacial score (nSPS) is 17.2. The van der Waals surface area contributed by atoms with Crippen LogP contribution in [0.25, 0.3) is 0 Å². The van der Waals surface area contributed by atoms with Gasteiger partial charge in [0.25, 0.3) is 0 Å². The first kappa shape index (κ1) is 25.2. The number of alkyl halides is 2. The molecule has 1 aromatic carbocycles. The van der Waals surface area contributed by atoms with Crippen molar-refractivity contribution in [2.45, 2.75) is 66.0 Å². The molecule has 8 heteroatoms. The molecule has 1 heterocycles. The van der Waals surface area contributed by atoms with E-state index in [1.54, 1.807) is 17.9 Å². The van der Waals surface area contributed by atoms with Gasteiger partial charge in [0, 0.05) is 23.3 Å². The molecular formula is C24H31F2N3O3. The molecule has 0 saturated heterocycles. The first-order chi connectivity index (χ1) is 15.3. The molecule has 3 rings (SSSR count). The summed E-state index contributed by atoms with van der Waals surface area (Å²) >= 11 is 0. The van der Waals surface area contributed by atoms with Gasteiger partial charge in [0.15, 0.2) is 0 Å². The number of anilines is 2. The lowest BCUT2D eigenvalue weighted by Gasteiger charge is -2.41. The van der Waals surface area contributed by atoms with Gasteiger partial charge >= 0.3 is 12.6 Å². The first-order valence-electron chi connectivity index (χ1n) is 10.9. The van der Waals surface area contributed by atoms with Crippen LogP contribution in [0.3, 0.4) is 0 Å². The molecule has 1 fully saturated rings. The SMILES string of the molecule is CC.Cc1ccc(NC(=O)N(c2ccccc2C(C)C)C2CC(C=O)C2)c(OC(F)F)n1. The molecule has 174 valence electrons. The van der Waals surface area contributed by atoms with Crippen molar-refractivity contribution in [1.82, 2.24) is 4.98 Å². The van der Waals surface area contributed by atoms with E-state index in [0.717, 1.165) is 17.5 Å². The lowest BCUT2D eigenvalue weighted by molar-refractivity contribution is -0.113. The summed E-state index contributed by atoms with van der Waals surface area (Å²) in [6.07, 6.45) is 2.01. The number of carbonyl (C=O) groups excluding carboxylic acids is 2. The van der Waals surface area contributed by atoms with Crippen LogP contribution in [0.2, 0.25) is 0 Å². The number of carbonyl (C=O) groups is 2. The number of rotatable bonds is 7. The van der Waals surface area contributed by atoms with E-state index in [-0.39, 0.29) is 29.4 Å². The van der Waals surface area contributed by atoms with Crippen molar-refractivity contribution in [2.24, 2.45) is 5.92 Å². The summed E-state index contributed by atoms with van der Waals surface area (Å²) in [6, 6.07) is 9.99. The van der Waals surface area contributed by atoms with Gasteiger partial charge in [-0.1, -0.05) is 45.9 Å². The predicted molar refractivity (Wildman–Crippen MR) is 122 cm³/mol. The fourth-order valence-electron chi connectivity index (χ4n) is 3.60. The molecule has 0 aliphatic heterocycles. The molecule has 2 amide bonds. The molecule has 0 atom stereocenters. The number of amides is 2. The Bertz CT molecular complexity index is 915. The average molecular weight is 448 g/mol. The largest absolute Gasteiger partial charge is 0.415 e. The number of aryl methyl sites for hydroxylation is 1. The highest BCUT2D eigenvalue weighted by atomic mass is 19.3. The Kier molecular flexibility index (Phi) is 9.11. The molecule has 0 unspecified atom stereocenters. The van der Waals surface area contributed by atoms with Crippen LogP contribution in [-0.2, 0) is 4.79 Å².